The van der Waals surface area contributed by atoms with E-state index in [-0.39, 0.29) is 21.7 Å². The minimum absolute atomic E-state index is 0.00950. The SMILES string of the molecule is C#C[C@]1(OCC#C[Si](C)(C)C)O[C@H](CO[Si](C)(C)C(C)(C)C)[C@H](O[Si](C)(C)C(C)(C)C)[C@H]1O[Si](C)(C)C(C)(C)C. The Morgan fingerprint density at radius 1 is 0.725 bits per heavy atom. The van der Waals surface area contributed by atoms with Crippen molar-refractivity contribution < 1.29 is 22.8 Å². The predicted octanol–water partition coefficient (Wildman–Crippen LogP) is 8.41. The quantitative estimate of drug-likeness (QED) is 0.190. The third kappa shape index (κ3) is 9.39. The lowest BCUT2D eigenvalue weighted by atomic mass is 10.1. The highest BCUT2D eigenvalue weighted by Gasteiger charge is 2.61. The van der Waals surface area contributed by atoms with E-state index in [0.717, 1.165) is 0 Å². The Kier molecular flexibility index (Phi) is 11.7. The minimum atomic E-state index is -2.32. The average Bonchev–Trinajstić information content (AvgIpc) is 2.99. The van der Waals surface area contributed by atoms with Crippen LogP contribution in [-0.4, -0.2) is 70.3 Å². The Hall–Kier alpha value is -0.212. The molecule has 0 bridgehead atoms. The molecule has 40 heavy (non-hydrogen) atoms. The Morgan fingerprint density at radius 3 is 1.57 bits per heavy atom. The van der Waals surface area contributed by atoms with Gasteiger partial charge in [-0.15, -0.1) is 12.0 Å². The molecule has 1 saturated heterocycles. The number of hydrogen-bond donors (Lipinski definition) is 0. The number of rotatable bonds is 9. The molecule has 5 nitrogen and oxygen atoms in total. The van der Waals surface area contributed by atoms with Gasteiger partial charge >= 0.3 is 0 Å². The highest BCUT2D eigenvalue weighted by Crippen LogP contribution is 2.47. The van der Waals surface area contributed by atoms with Crippen LogP contribution in [0.3, 0.4) is 0 Å². The van der Waals surface area contributed by atoms with Crippen LogP contribution >= 0.6 is 0 Å². The van der Waals surface area contributed by atoms with Crippen molar-refractivity contribution in [2.45, 2.75) is 160 Å². The van der Waals surface area contributed by atoms with Gasteiger partial charge in [0.25, 0.3) is 5.79 Å². The molecule has 1 aliphatic rings. The molecule has 0 aliphatic carbocycles. The van der Waals surface area contributed by atoms with Gasteiger partial charge in [-0.25, -0.2) is 0 Å². The summed E-state index contributed by atoms with van der Waals surface area (Å²) in [7, 11) is -8.22. The smallest absolute Gasteiger partial charge is 0.263 e. The van der Waals surface area contributed by atoms with Crippen molar-refractivity contribution >= 4 is 33.0 Å². The summed E-state index contributed by atoms with van der Waals surface area (Å²) in [5.74, 6) is 4.70. The molecule has 0 aromatic carbocycles. The zero-order valence-electron chi connectivity index (χ0n) is 29.3. The molecule has 0 aromatic heterocycles. The van der Waals surface area contributed by atoms with Gasteiger partial charge in [-0.3, -0.25) is 0 Å². The van der Waals surface area contributed by atoms with Crippen LogP contribution < -0.4 is 0 Å². The van der Waals surface area contributed by atoms with Gasteiger partial charge in [0, 0.05) is 0 Å². The number of terminal acetylenes is 1. The summed E-state index contributed by atoms with van der Waals surface area (Å²) in [6.45, 7) is 40.9. The Morgan fingerprint density at radius 2 is 1.18 bits per heavy atom. The van der Waals surface area contributed by atoms with Gasteiger partial charge < -0.3 is 22.8 Å². The van der Waals surface area contributed by atoms with Crippen molar-refractivity contribution in [3.8, 4) is 23.8 Å². The van der Waals surface area contributed by atoms with E-state index in [1.807, 2.05) is 0 Å². The van der Waals surface area contributed by atoms with Gasteiger partial charge in [0.15, 0.2) is 25.0 Å². The van der Waals surface area contributed by atoms with Crippen LogP contribution in [0.4, 0.5) is 0 Å². The van der Waals surface area contributed by atoms with E-state index in [9.17, 15) is 0 Å². The molecule has 0 aromatic rings. The molecule has 1 aliphatic heterocycles. The summed E-state index contributed by atoms with van der Waals surface area (Å²) in [5, 5.41) is 0.0111. The van der Waals surface area contributed by atoms with E-state index in [0.29, 0.717) is 6.61 Å². The molecule has 0 saturated carbocycles. The topological polar surface area (TPSA) is 46.2 Å². The van der Waals surface area contributed by atoms with E-state index >= 15 is 0 Å². The van der Waals surface area contributed by atoms with Gasteiger partial charge in [-0.05, 0) is 60.3 Å². The summed E-state index contributed by atoms with van der Waals surface area (Å²) < 4.78 is 34.2. The molecule has 1 heterocycles. The second kappa shape index (κ2) is 12.4. The van der Waals surface area contributed by atoms with E-state index in [4.69, 9.17) is 29.2 Å². The second-order valence-corrected chi connectivity index (χ2v) is 36.1. The molecule has 1 fully saturated rings. The summed E-state index contributed by atoms with van der Waals surface area (Å²) >= 11 is 0. The van der Waals surface area contributed by atoms with E-state index in [1.165, 1.54) is 0 Å². The Balaban J connectivity index is 3.71. The summed E-state index contributed by atoms with van der Waals surface area (Å²) in [4.78, 5) is 0. The maximum Gasteiger partial charge on any atom is 0.263 e. The zero-order valence-corrected chi connectivity index (χ0v) is 33.3. The lowest BCUT2D eigenvalue weighted by Gasteiger charge is -2.45. The summed E-state index contributed by atoms with van der Waals surface area (Å²) in [6.07, 6.45) is 4.84. The molecule has 0 unspecified atom stereocenters. The van der Waals surface area contributed by atoms with Crippen LogP contribution in [0.2, 0.25) is 74.0 Å². The molecule has 0 radical (unpaired) electrons. The van der Waals surface area contributed by atoms with Crippen molar-refractivity contribution in [1.82, 2.24) is 0 Å². The monoisotopic (exact) mass is 626 g/mol. The standard InChI is InChI=1S/C31H62O5Si4/c1-20-31(32-22-21-23-37(11,12)13)27(36-40(18,19)30(8,9)10)26(35-39(16,17)29(5,6)7)25(34-31)24-33-38(14,15)28(2,3)4/h1,25-27H,22,24H2,2-19H3/t25-,26+,27-,31+/m1/s1. The maximum atomic E-state index is 7.16. The summed E-state index contributed by atoms with van der Waals surface area (Å²) in [5.41, 5.74) is 3.38. The van der Waals surface area contributed by atoms with Crippen LogP contribution in [0.5, 0.6) is 0 Å². The molecule has 0 amide bonds. The van der Waals surface area contributed by atoms with E-state index in [1.54, 1.807) is 0 Å². The first-order valence-electron chi connectivity index (χ1n) is 14.8. The molecule has 0 N–H and O–H groups in total. The fourth-order valence-corrected chi connectivity index (χ4v) is 7.62. The lowest BCUT2D eigenvalue weighted by Crippen LogP contribution is -2.57. The van der Waals surface area contributed by atoms with Crippen molar-refractivity contribution in [2.24, 2.45) is 0 Å². The van der Waals surface area contributed by atoms with Gasteiger partial charge in [0.1, 0.15) is 33.0 Å². The molecule has 9 heteroatoms. The van der Waals surface area contributed by atoms with Crippen LogP contribution in [0.1, 0.15) is 62.3 Å². The molecular weight excluding hydrogens is 565 g/mol. The van der Waals surface area contributed by atoms with Crippen molar-refractivity contribution in [3.63, 3.8) is 0 Å². The Labute approximate surface area is 252 Å². The van der Waals surface area contributed by atoms with Crippen LogP contribution in [0.25, 0.3) is 0 Å². The fraction of sp³-hybridized carbons (Fsp3) is 0.871. The fourth-order valence-electron chi connectivity index (χ4n) is 3.42. The highest BCUT2D eigenvalue weighted by atomic mass is 28.4. The van der Waals surface area contributed by atoms with Crippen LogP contribution in [-0.2, 0) is 22.8 Å². The first-order chi connectivity index (χ1) is 17.5. The molecule has 1 rings (SSSR count). The number of hydrogen-bond acceptors (Lipinski definition) is 5. The highest BCUT2D eigenvalue weighted by molar-refractivity contribution is 6.83. The third-order valence-corrected chi connectivity index (χ3v) is 23.6. The molecular formula is C31H62O5Si4. The van der Waals surface area contributed by atoms with Gasteiger partial charge in [0.05, 0.1) is 6.61 Å². The van der Waals surface area contributed by atoms with E-state index < -0.39 is 57.1 Å². The first kappa shape index (κ1) is 37.8. The Bertz CT molecular complexity index is 962. The molecule has 4 atom stereocenters. The normalized spacial score (nSPS) is 25.4. The van der Waals surface area contributed by atoms with Gasteiger partial charge in [0.2, 0.25) is 0 Å². The van der Waals surface area contributed by atoms with Crippen LogP contribution in [0.15, 0.2) is 0 Å². The third-order valence-electron chi connectivity index (χ3n) is 9.27. The lowest BCUT2D eigenvalue weighted by molar-refractivity contribution is -0.212. The second-order valence-electron chi connectivity index (χ2n) is 17.0. The van der Waals surface area contributed by atoms with Crippen molar-refractivity contribution in [2.75, 3.05) is 13.2 Å². The van der Waals surface area contributed by atoms with E-state index in [2.05, 4.69) is 139 Å². The first-order valence-corrected chi connectivity index (χ1v) is 27.0. The molecule has 0 spiro atoms. The molecule has 232 valence electrons. The van der Waals surface area contributed by atoms with Gasteiger partial charge in [-0.2, -0.15) is 0 Å². The number of ether oxygens (including phenoxy) is 2. The predicted molar refractivity (Wildman–Crippen MR) is 181 cm³/mol. The average molecular weight is 627 g/mol. The van der Waals surface area contributed by atoms with Crippen molar-refractivity contribution in [3.05, 3.63) is 0 Å². The van der Waals surface area contributed by atoms with Gasteiger partial charge in [-0.1, -0.05) is 87.9 Å². The van der Waals surface area contributed by atoms with Crippen LogP contribution in [0, 0.1) is 23.8 Å². The minimum Gasteiger partial charge on any atom is -0.414 e. The maximum absolute atomic E-state index is 7.16. The zero-order chi connectivity index (χ0) is 31.8. The largest absolute Gasteiger partial charge is 0.414 e. The summed E-state index contributed by atoms with van der Waals surface area (Å²) in [6, 6.07) is 0. The van der Waals surface area contributed by atoms with Crippen molar-refractivity contribution in [1.29, 1.82) is 0 Å².